The van der Waals surface area contributed by atoms with Crippen LogP contribution in [0.15, 0.2) is 18.2 Å². The van der Waals surface area contributed by atoms with Crippen LogP contribution in [0.1, 0.15) is 51.0 Å². The van der Waals surface area contributed by atoms with Gasteiger partial charge in [0.25, 0.3) is 0 Å². The normalized spacial score (nSPS) is 27.9. The summed E-state index contributed by atoms with van der Waals surface area (Å²) in [5, 5.41) is 10.8. The Bertz CT molecular complexity index is 433. The molecule has 1 aromatic rings. The molecule has 0 radical (unpaired) electrons. The summed E-state index contributed by atoms with van der Waals surface area (Å²) < 4.78 is 19.3. The van der Waals surface area contributed by atoms with Crippen LogP contribution in [0.25, 0.3) is 0 Å². The average molecular weight is 266 g/mol. The summed E-state index contributed by atoms with van der Waals surface area (Å²) in [6, 6.07) is 5.02. The Hall–Kier alpha value is -1.09. The second kappa shape index (κ2) is 5.91. The maximum atomic E-state index is 14.3. The zero-order chi connectivity index (χ0) is 13.9. The SMILES string of the molecule is CCC1CCCC(O)(c2cccc(OC)c2F)CC1. The summed E-state index contributed by atoms with van der Waals surface area (Å²) in [7, 11) is 1.45. The Kier molecular flexibility index (Phi) is 4.46. The molecule has 1 saturated carbocycles. The van der Waals surface area contributed by atoms with Crippen molar-refractivity contribution in [3.8, 4) is 5.75 Å². The van der Waals surface area contributed by atoms with Crippen molar-refractivity contribution >= 4 is 0 Å². The minimum absolute atomic E-state index is 0.210. The second-order valence-electron chi connectivity index (χ2n) is 5.56. The van der Waals surface area contributed by atoms with Gasteiger partial charge in [0, 0.05) is 5.56 Å². The van der Waals surface area contributed by atoms with Gasteiger partial charge in [0.1, 0.15) is 0 Å². The van der Waals surface area contributed by atoms with Crippen LogP contribution in [0.3, 0.4) is 0 Å². The van der Waals surface area contributed by atoms with Gasteiger partial charge in [-0.3, -0.25) is 0 Å². The molecule has 1 N–H and O–H groups in total. The molecule has 19 heavy (non-hydrogen) atoms. The summed E-state index contributed by atoms with van der Waals surface area (Å²) in [5.41, 5.74) is -0.647. The minimum atomic E-state index is -1.04. The molecule has 0 aromatic heterocycles. The highest BCUT2D eigenvalue weighted by Gasteiger charge is 2.35. The third-order valence-electron chi connectivity index (χ3n) is 4.43. The van der Waals surface area contributed by atoms with E-state index in [0.717, 1.165) is 25.7 Å². The lowest BCUT2D eigenvalue weighted by Crippen LogP contribution is -2.26. The van der Waals surface area contributed by atoms with E-state index in [1.54, 1.807) is 18.2 Å². The van der Waals surface area contributed by atoms with Crippen LogP contribution in [0.5, 0.6) is 5.75 Å². The molecule has 1 fully saturated rings. The molecule has 2 nitrogen and oxygen atoms in total. The highest BCUT2D eigenvalue weighted by atomic mass is 19.1. The molecule has 0 saturated heterocycles. The maximum absolute atomic E-state index is 14.3. The highest BCUT2D eigenvalue weighted by molar-refractivity contribution is 5.34. The number of rotatable bonds is 3. The zero-order valence-corrected chi connectivity index (χ0v) is 11.8. The van der Waals surface area contributed by atoms with Crippen molar-refractivity contribution in [2.75, 3.05) is 7.11 Å². The second-order valence-corrected chi connectivity index (χ2v) is 5.56. The van der Waals surface area contributed by atoms with Gasteiger partial charge in [0.05, 0.1) is 12.7 Å². The number of methoxy groups -OCH3 is 1. The van der Waals surface area contributed by atoms with Gasteiger partial charge in [0.2, 0.25) is 0 Å². The standard InChI is InChI=1S/C16H23FO2/c1-3-12-6-5-10-16(18,11-9-12)13-7-4-8-14(19-2)15(13)17/h4,7-8,12,18H,3,5-6,9-11H2,1-2H3. The lowest BCUT2D eigenvalue weighted by molar-refractivity contribution is 0.0158. The van der Waals surface area contributed by atoms with Gasteiger partial charge in [-0.1, -0.05) is 31.9 Å². The van der Waals surface area contributed by atoms with Gasteiger partial charge in [0.15, 0.2) is 11.6 Å². The maximum Gasteiger partial charge on any atom is 0.171 e. The number of ether oxygens (including phenoxy) is 1. The van der Waals surface area contributed by atoms with Crippen molar-refractivity contribution in [2.45, 2.75) is 51.0 Å². The van der Waals surface area contributed by atoms with Crippen molar-refractivity contribution in [2.24, 2.45) is 5.92 Å². The monoisotopic (exact) mass is 266 g/mol. The topological polar surface area (TPSA) is 29.5 Å². The van der Waals surface area contributed by atoms with Crippen LogP contribution >= 0.6 is 0 Å². The Morgan fingerprint density at radius 1 is 1.37 bits per heavy atom. The van der Waals surface area contributed by atoms with Crippen molar-refractivity contribution < 1.29 is 14.2 Å². The molecule has 0 spiro atoms. The molecular formula is C16H23FO2. The first-order valence-electron chi connectivity index (χ1n) is 7.16. The molecule has 1 aromatic carbocycles. The molecule has 0 bridgehead atoms. The lowest BCUT2D eigenvalue weighted by Gasteiger charge is -2.28. The molecule has 106 valence electrons. The minimum Gasteiger partial charge on any atom is -0.494 e. The summed E-state index contributed by atoms with van der Waals surface area (Å²) in [5.74, 6) is 0.451. The number of hydrogen-bond donors (Lipinski definition) is 1. The predicted octanol–water partition coefficient (Wildman–Crippen LogP) is 4.01. The molecule has 0 heterocycles. The summed E-state index contributed by atoms with van der Waals surface area (Å²) >= 11 is 0. The molecule has 2 unspecified atom stereocenters. The molecule has 2 atom stereocenters. The van der Waals surface area contributed by atoms with Gasteiger partial charge in [-0.2, -0.15) is 0 Å². The van der Waals surface area contributed by atoms with Gasteiger partial charge < -0.3 is 9.84 Å². The van der Waals surface area contributed by atoms with E-state index < -0.39 is 11.4 Å². The first-order chi connectivity index (χ1) is 9.10. The summed E-state index contributed by atoms with van der Waals surface area (Å²) in [6.45, 7) is 2.18. The molecule has 0 amide bonds. The summed E-state index contributed by atoms with van der Waals surface area (Å²) in [6.07, 6.45) is 5.44. The fourth-order valence-corrected chi connectivity index (χ4v) is 3.10. The van der Waals surface area contributed by atoms with Crippen LogP contribution in [-0.4, -0.2) is 12.2 Å². The van der Waals surface area contributed by atoms with Gasteiger partial charge in [-0.15, -0.1) is 0 Å². The van der Waals surface area contributed by atoms with Crippen LogP contribution in [-0.2, 0) is 5.60 Å². The van der Waals surface area contributed by atoms with Crippen molar-refractivity contribution in [1.29, 1.82) is 0 Å². The quantitative estimate of drug-likeness (QED) is 0.837. The molecule has 2 rings (SSSR count). The van der Waals surface area contributed by atoms with Crippen LogP contribution < -0.4 is 4.74 Å². The van der Waals surface area contributed by atoms with E-state index in [1.807, 2.05) is 0 Å². The van der Waals surface area contributed by atoms with Crippen LogP contribution in [0, 0.1) is 11.7 Å². The van der Waals surface area contributed by atoms with E-state index in [1.165, 1.54) is 7.11 Å². The van der Waals surface area contributed by atoms with E-state index in [4.69, 9.17) is 4.74 Å². The smallest absolute Gasteiger partial charge is 0.171 e. The zero-order valence-electron chi connectivity index (χ0n) is 11.8. The third-order valence-corrected chi connectivity index (χ3v) is 4.43. The molecule has 1 aliphatic rings. The number of aliphatic hydroxyl groups is 1. The fraction of sp³-hybridized carbons (Fsp3) is 0.625. The first kappa shape index (κ1) is 14.3. The predicted molar refractivity (Wildman–Crippen MR) is 73.7 cm³/mol. The third kappa shape index (κ3) is 2.92. The molecule has 0 aliphatic heterocycles. The molecule has 3 heteroatoms. The van der Waals surface area contributed by atoms with Gasteiger partial charge in [-0.05, 0) is 37.7 Å². The Balaban J connectivity index is 2.29. The number of benzene rings is 1. The van der Waals surface area contributed by atoms with E-state index in [9.17, 15) is 9.50 Å². The van der Waals surface area contributed by atoms with Gasteiger partial charge >= 0.3 is 0 Å². The van der Waals surface area contributed by atoms with E-state index in [-0.39, 0.29) is 5.75 Å². The van der Waals surface area contributed by atoms with Gasteiger partial charge in [-0.25, -0.2) is 4.39 Å². The van der Waals surface area contributed by atoms with E-state index in [0.29, 0.717) is 24.3 Å². The van der Waals surface area contributed by atoms with E-state index in [2.05, 4.69) is 6.92 Å². The largest absolute Gasteiger partial charge is 0.494 e. The van der Waals surface area contributed by atoms with E-state index >= 15 is 0 Å². The molecule has 1 aliphatic carbocycles. The fourth-order valence-electron chi connectivity index (χ4n) is 3.10. The Morgan fingerprint density at radius 2 is 2.16 bits per heavy atom. The van der Waals surface area contributed by atoms with Crippen molar-refractivity contribution in [1.82, 2.24) is 0 Å². The molecular weight excluding hydrogens is 243 g/mol. The van der Waals surface area contributed by atoms with Crippen molar-refractivity contribution in [3.63, 3.8) is 0 Å². The highest BCUT2D eigenvalue weighted by Crippen LogP contribution is 2.41. The number of hydrogen-bond acceptors (Lipinski definition) is 2. The van der Waals surface area contributed by atoms with Crippen molar-refractivity contribution in [3.05, 3.63) is 29.6 Å². The van der Waals surface area contributed by atoms with Crippen LogP contribution in [0.4, 0.5) is 4.39 Å². The Labute approximate surface area is 114 Å². The Morgan fingerprint density at radius 3 is 2.84 bits per heavy atom. The first-order valence-corrected chi connectivity index (χ1v) is 7.16. The summed E-state index contributed by atoms with van der Waals surface area (Å²) in [4.78, 5) is 0. The number of halogens is 1. The lowest BCUT2D eigenvalue weighted by atomic mass is 9.85. The average Bonchev–Trinajstić information content (AvgIpc) is 2.61. The van der Waals surface area contributed by atoms with Crippen LogP contribution in [0.2, 0.25) is 0 Å².